The molecule has 0 amide bonds. The fourth-order valence-electron chi connectivity index (χ4n) is 2.17. The normalized spacial score (nSPS) is 12.4. The topological polar surface area (TPSA) is 43.8 Å². The molecule has 0 radical (unpaired) electrons. The number of nitrogens with zero attached hydrogens (tertiary/aromatic N) is 2. The molecule has 18 heavy (non-hydrogen) atoms. The van der Waals surface area contributed by atoms with Crippen LogP contribution in [-0.2, 0) is 18.4 Å². The summed E-state index contributed by atoms with van der Waals surface area (Å²) >= 11 is 0. The molecule has 104 valence electrons. The molecule has 1 aromatic rings. The third-order valence-electron chi connectivity index (χ3n) is 3.07. The van der Waals surface area contributed by atoms with Gasteiger partial charge in [-0.25, -0.2) is 4.98 Å². The van der Waals surface area contributed by atoms with Crippen LogP contribution in [0.1, 0.15) is 65.9 Å². The van der Waals surface area contributed by atoms with E-state index in [0.29, 0.717) is 5.92 Å². The van der Waals surface area contributed by atoms with Gasteiger partial charge in [0.05, 0.1) is 5.69 Å². The van der Waals surface area contributed by atoms with Gasteiger partial charge in [-0.2, -0.15) is 0 Å². The summed E-state index contributed by atoms with van der Waals surface area (Å²) in [6, 6.07) is 0. The van der Waals surface area contributed by atoms with E-state index in [1.165, 1.54) is 6.42 Å². The summed E-state index contributed by atoms with van der Waals surface area (Å²) < 4.78 is 2.22. The molecule has 0 atom stereocenters. The van der Waals surface area contributed by atoms with Crippen LogP contribution in [0.25, 0.3) is 0 Å². The number of hydrogen-bond donors (Lipinski definition) is 1. The highest BCUT2D eigenvalue weighted by atomic mass is 15.2. The second-order valence-electron chi connectivity index (χ2n) is 6.63. The second kappa shape index (κ2) is 5.77. The third-order valence-corrected chi connectivity index (χ3v) is 3.07. The molecule has 1 aromatic heterocycles. The third kappa shape index (κ3) is 3.50. The van der Waals surface area contributed by atoms with Gasteiger partial charge in [-0.3, -0.25) is 0 Å². The number of anilines is 1. The van der Waals surface area contributed by atoms with Crippen molar-refractivity contribution in [2.45, 2.75) is 72.8 Å². The number of aryl methyl sites for hydroxylation is 1. The predicted molar refractivity (Wildman–Crippen MR) is 78.8 cm³/mol. The number of nitrogens with two attached hydrogens (primary N) is 1. The highest BCUT2D eigenvalue weighted by Crippen LogP contribution is 2.27. The van der Waals surface area contributed by atoms with Crippen molar-refractivity contribution in [1.82, 2.24) is 9.55 Å². The van der Waals surface area contributed by atoms with Gasteiger partial charge >= 0.3 is 0 Å². The van der Waals surface area contributed by atoms with Gasteiger partial charge in [0, 0.05) is 12.0 Å². The number of rotatable bonds is 5. The maximum atomic E-state index is 6.29. The van der Waals surface area contributed by atoms with Crippen LogP contribution in [-0.4, -0.2) is 9.55 Å². The Bertz CT molecular complexity index is 383. The predicted octanol–water partition coefficient (Wildman–Crippen LogP) is 3.76. The summed E-state index contributed by atoms with van der Waals surface area (Å²) in [6.07, 6.45) is 3.34. The SMILES string of the molecule is CCCCc1nc(C(C)(C)C)n(CC(C)C)c1N. The fraction of sp³-hybridized carbons (Fsp3) is 0.800. The molecule has 0 bridgehead atoms. The van der Waals surface area contributed by atoms with Gasteiger partial charge < -0.3 is 10.3 Å². The number of nitrogen functional groups attached to an aromatic ring is 1. The minimum Gasteiger partial charge on any atom is -0.384 e. The summed E-state index contributed by atoms with van der Waals surface area (Å²) in [4.78, 5) is 4.81. The number of imidazole rings is 1. The van der Waals surface area contributed by atoms with E-state index in [1.54, 1.807) is 0 Å². The van der Waals surface area contributed by atoms with Crippen LogP contribution in [0.3, 0.4) is 0 Å². The Morgan fingerprint density at radius 1 is 1.28 bits per heavy atom. The lowest BCUT2D eigenvalue weighted by Crippen LogP contribution is -2.21. The van der Waals surface area contributed by atoms with Gasteiger partial charge in [-0.1, -0.05) is 48.0 Å². The maximum Gasteiger partial charge on any atom is 0.126 e. The van der Waals surface area contributed by atoms with Gasteiger partial charge in [0.25, 0.3) is 0 Å². The molecule has 0 unspecified atom stereocenters. The quantitative estimate of drug-likeness (QED) is 0.866. The average Bonchev–Trinajstić information content (AvgIpc) is 2.53. The number of hydrogen-bond acceptors (Lipinski definition) is 2. The zero-order chi connectivity index (χ0) is 13.9. The lowest BCUT2D eigenvalue weighted by molar-refractivity contribution is 0.454. The lowest BCUT2D eigenvalue weighted by atomic mass is 9.95. The molecular formula is C15H29N3. The summed E-state index contributed by atoms with van der Waals surface area (Å²) in [7, 11) is 0. The van der Waals surface area contributed by atoms with Gasteiger partial charge in [0.1, 0.15) is 11.6 Å². The van der Waals surface area contributed by atoms with Crippen molar-refractivity contribution in [2.24, 2.45) is 5.92 Å². The highest BCUT2D eigenvalue weighted by molar-refractivity contribution is 5.40. The summed E-state index contributed by atoms with van der Waals surface area (Å²) in [5, 5.41) is 0. The first-order valence-corrected chi connectivity index (χ1v) is 7.12. The van der Waals surface area contributed by atoms with Crippen LogP contribution in [0.2, 0.25) is 0 Å². The van der Waals surface area contributed by atoms with Crippen molar-refractivity contribution in [3.8, 4) is 0 Å². The molecule has 2 N–H and O–H groups in total. The Hall–Kier alpha value is -0.990. The van der Waals surface area contributed by atoms with Crippen LogP contribution in [0.15, 0.2) is 0 Å². The molecule has 1 rings (SSSR count). The summed E-state index contributed by atoms with van der Waals surface area (Å²) in [5.74, 6) is 2.59. The van der Waals surface area contributed by atoms with Crippen LogP contribution >= 0.6 is 0 Å². The molecule has 3 heteroatoms. The molecule has 0 aromatic carbocycles. The number of unbranched alkanes of at least 4 members (excludes halogenated alkanes) is 1. The first-order valence-electron chi connectivity index (χ1n) is 7.12. The molecule has 0 spiro atoms. The Labute approximate surface area is 112 Å². The van der Waals surface area contributed by atoms with Crippen LogP contribution in [0, 0.1) is 5.92 Å². The van der Waals surface area contributed by atoms with E-state index >= 15 is 0 Å². The molecule has 0 fully saturated rings. The highest BCUT2D eigenvalue weighted by Gasteiger charge is 2.24. The summed E-state index contributed by atoms with van der Waals surface area (Å²) in [5.41, 5.74) is 7.43. The molecule has 3 nitrogen and oxygen atoms in total. The molecule has 0 saturated carbocycles. The van der Waals surface area contributed by atoms with Crippen molar-refractivity contribution in [3.05, 3.63) is 11.5 Å². The van der Waals surface area contributed by atoms with Gasteiger partial charge in [0.2, 0.25) is 0 Å². The first kappa shape index (κ1) is 15.1. The molecule has 0 saturated heterocycles. The average molecular weight is 251 g/mol. The lowest BCUT2D eigenvalue weighted by Gasteiger charge is -2.21. The summed E-state index contributed by atoms with van der Waals surface area (Å²) in [6.45, 7) is 14.2. The second-order valence-corrected chi connectivity index (χ2v) is 6.63. The van der Waals surface area contributed by atoms with Crippen molar-refractivity contribution in [1.29, 1.82) is 0 Å². The standard InChI is InChI=1S/C15H29N3/c1-7-8-9-12-13(16)18(10-11(2)3)14(17-12)15(4,5)6/h11H,7-10,16H2,1-6H3. The van der Waals surface area contributed by atoms with Crippen LogP contribution < -0.4 is 5.73 Å². The molecule has 1 heterocycles. The van der Waals surface area contributed by atoms with E-state index in [1.807, 2.05) is 0 Å². The van der Waals surface area contributed by atoms with Crippen LogP contribution in [0.5, 0.6) is 0 Å². The van der Waals surface area contributed by atoms with E-state index in [4.69, 9.17) is 10.7 Å². The number of aromatic nitrogens is 2. The van der Waals surface area contributed by atoms with Crippen molar-refractivity contribution >= 4 is 5.82 Å². The first-order chi connectivity index (χ1) is 8.27. The zero-order valence-electron chi connectivity index (χ0n) is 12.9. The van der Waals surface area contributed by atoms with E-state index in [0.717, 1.165) is 36.7 Å². The molecule has 0 aliphatic heterocycles. The molecular weight excluding hydrogens is 222 g/mol. The van der Waals surface area contributed by atoms with Crippen molar-refractivity contribution in [2.75, 3.05) is 5.73 Å². The van der Waals surface area contributed by atoms with E-state index in [9.17, 15) is 0 Å². The Morgan fingerprint density at radius 2 is 1.89 bits per heavy atom. The maximum absolute atomic E-state index is 6.29. The smallest absolute Gasteiger partial charge is 0.126 e. The molecule has 0 aliphatic carbocycles. The van der Waals surface area contributed by atoms with Gasteiger partial charge in [0.15, 0.2) is 0 Å². The van der Waals surface area contributed by atoms with E-state index in [2.05, 4.69) is 46.1 Å². The zero-order valence-corrected chi connectivity index (χ0v) is 12.9. The van der Waals surface area contributed by atoms with E-state index < -0.39 is 0 Å². The fourth-order valence-corrected chi connectivity index (χ4v) is 2.17. The minimum atomic E-state index is 0.0491. The van der Waals surface area contributed by atoms with Crippen molar-refractivity contribution in [3.63, 3.8) is 0 Å². The van der Waals surface area contributed by atoms with Gasteiger partial charge in [-0.15, -0.1) is 0 Å². The van der Waals surface area contributed by atoms with Gasteiger partial charge in [-0.05, 0) is 18.8 Å². The Balaban J connectivity index is 3.14. The monoisotopic (exact) mass is 251 g/mol. The van der Waals surface area contributed by atoms with E-state index in [-0.39, 0.29) is 5.41 Å². The van der Waals surface area contributed by atoms with Crippen molar-refractivity contribution < 1.29 is 0 Å². The molecule has 0 aliphatic rings. The minimum absolute atomic E-state index is 0.0491. The van der Waals surface area contributed by atoms with Crippen LogP contribution in [0.4, 0.5) is 5.82 Å². The largest absolute Gasteiger partial charge is 0.384 e. The Kier molecular flexibility index (Phi) is 4.83. The Morgan fingerprint density at radius 3 is 2.33 bits per heavy atom.